The molecule has 1 fully saturated rings. The van der Waals surface area contributed by atoms with Crippen LogP contribution in [0.15, 0.2) is 6.20 Å². The van der Waals surface area contributed by atoms with Crippen molar-refractivity contribution in [1.82, 2.24) is 19.9 Å². The van der Waals surface area contributed by atoms with Gasteiger partial charge in [0.15, 0.2) is 11.2 Å². The van der Waals surface area contributed by atoms with Gasteiger partial charge in [0.2, 0.25) is 11.8 Å². The summed E-state index contributed by atoms with van der Waals surface area (Å²) in [5.41, 5.74) is 5.91. The molecule has 3 rings (SSSR count). The lowest BCUT2D eigenvalue weighted by atomic mass is 9.98. The number of fused-ring (bicyclic) bond motifs is 1. The van der Waals surface area contributed by atoms with Crippen molar-refractivity contribution in [1.29, 1.82) is 0 Å². The van der Waals surface area contributed by atoms with E-state index in [0.29, 0.717) is 22.7 Å². The van der Waals surface area contributed by atoms with Crippen LogP contribution in [0.2, 0.25) is 0 Å². The van der Waals surface area contributed by atoms with Gasteiger partial charge in [-0.25, -0.2) is 9.97 Å². The lowest BCUT2D eigenvalue weighted by molar-refractivity contribution is 0.0737. The van der Waals surface area contributed by atoms with Crippen molar-refractivity contribution in [3.8, 4) is 5.88 Å². The zero-order valence-corrected chi connectivity index (χ0v) is 12.9. The zero-order valence-electron chi connectivity index (χ0n) is 12.9. The van der Waals surface area contributed by atoms with Crippen molar-refractivity contribution < 1.29 is 9.84 Å². The first-order valence-corrected chi connectivity index (χ1v) is 7.63. The minimum Gasteiger partial charge on any atom is -0.473 e. The lowest BCUT2D eigenvalue weighted by Gasteiger charge is -2.23. The molecule has 0 bridgehead atoms. The number of anilines is 1. The van der Waals surface area contributed by atoms with Gasteiger partial charge in [0.25, 0.3) is 0 Å². The number of hydrogen-bond acceptors (Lipinski definition) is 7. The van der Waals surface area contributed by atoms with E-state index in [1.165, 1.54) is 12.6 Å². The first-order chi connectivity index (χ1) is 10.4. The number of hydrogen-bond donors (Lipinski definition) is 2. The molecule has 7 nitrogen and oxygen atoms in total. The van der Waals surface area contributed by atoms with Crippen molar-refractivity contribution >= 4 is 17.1 Å². The Kier molecular flexibility index (Phi) is 3.82. The third kappa shape index (κ3) is 3.09. The second-order valence-corrected chi connectivity index (χ2v) is 6.25. The summed E-state index contributed by atoms with van der Waals surface area (Å²) < 4.78 is 6.00. The maximum absolute atomic E-state index is 10.1. The first-order valence-electron chi connectivity index (χ1n) is 7.63. The van der Waals surface area contributed by atoms with Crippen LogP contribution in [-0.4, -0.2) is 31.1 Å². The fourth-order valence-electron chi connectivity index (χ4n) is 2.62. The smallest absolute Gasteiger partial charge is 0.247 e. The van der Waals surface area contributed by atoms with Crippen LogP contribution in [0.25, 0.3) is 11.2 Å². The Morgan fingerprint density at radius 3 is 2.59 bits per heavy atom. The fraction of sp³-hybridized carbons (Fsp3) is 0.600. The molecule has 2 heterocycles. The van der Waals surface area contributed by atoms with E-state index >= 15 is 0 Å². The number of nitrogen functional groups attached to an aromatic ring is 1. The van der Waals surface area contributed by atoms with Crippen molar-refractivity contribution in [2.24, 2.45) is 0 Å². The summed E-state index contributed by atoms with van der Waals surface area (Å²) in [6.07, 6.45) is 7.19. The Morgan fingerprint density at radius 1 is 1.18 bits per heavy atom. The van der Waals surface area contributed by atoms with E-state index in [2.05, 4.69) is 19.9 Å². The number of nitrogens with zero attached hydrogens (tertiary/aromatic N) is 4. The largest absolute Gasteiger partial charge is 0.473 e. The Bertz CT molecular complexity index is 677. The Labute approximate surface area is 129 Å². The highest BCUT2D eigenvalue weighted by Crippen LogP contribution is 2.28. The molecule has 0 saturated heterocycles. The van der Waals surface area contributed by atoms with Crippen molar-refractivity contribution in [2.45, 2.75) is 57.7 Å². The SMILES string of the molecule is CC(C)(O)c1cnc2nc(N)nc(OC3CCCCC3)c2n1. The Hall–Kier alpha value is -2.02. The van der Waals surface area contributed by atoms with Gasteiger partial charge in [-0.1, -0.05) is 6.42 Å². The quantitative estimate of drug-likeness (QED) is 0.892. The van der Waals surface area contributed by atoms with E-state index in [9.17, 15) is 5.11 Å². The van der Waals surface area contributed by atoms with Crippen LogP contribution < -0.4 is 10.5 Å². The van der Waals surface area contributed by atoms with E-state index in [4.69, 9.17) is 10.5 Å². The molecule has 1 aliphatic carbocycles. The predicted molar refractivity (Wildman–Crippen MR) is 82.3 cm³/mol. The van der Waals surface area contributed by atoms with Gasteiger partial charge in [0.1, 0.15) is 11.7 Å². The van der Waals surface area contributed by atoms with Gasteiger partial charge in [-0.2, -0.15) is 9.97 Å². The molecule has 1 saturated carbocycles. The average Bonchev–Trinajstić information content (AvgIpc) is 2.46. The second kappa shape index (κ2) is 5.64. The van der Waals surface area contributed by atoms with Gasteiger partial charge < -0.3 is 15.6 Å². The molecule has 0 amide bonds. The van der Waals surface area contributed by atoms with Crippen molar-refractivity contribution in [3.05, 3.63) is 11.9 Å². The van der Waals surface area contributed by atoms with Gasteiger partial charge in [0.05, 0.1) is 11.9 Å². The molecule has 0 atom stereocenters. The molecule has 0 radical (unpaired) electrons. The molecule has 22 heavy (non-hydrogen) atoms. The van der Waals surface area contributed by atoms with E-state index in [1.807, 2.05) is 0 Å². The highest BCUT2D eigenvalue weighted by molar-refractivity contribution is 5.76. The van der Waals surface area contributed by atoms with Gasteiger partial charge in [-0.15, -0.1) is 0 Å². The van der Waals surface area contributed by atoms with Crippen LogP contribution in [0.5, 0.6) is 5.88 Å². The third-order valence-corrected chi connectivity index (χ3v) is 3.85. The number of aromatic nitrogens is 4. The van der Waals surface area contributed by atoms with E-state index in [-0.39, 0.29) is 12.1 Å². The van der Waals surface area contributed by atoms with E-state index in [1.54, 1.807) is 13.8 Å². The molecule has 0 spiro atoms. The lowest BCUT2D eigenvalue weighted by Crippen LogP contribution is -2.22. The maximum atomic E-state index is 10.1. The fourth-order valence-corrected chi connectivity index (χ4v) is 2.62. The molecule has 0 aliphatic heterocycles. The Balaban J connectivity index is 2.02. The third-order valence-electron chi connectivity index (χ3n) is 3.85. The first kappa shape index (κ1) is 14.9. The summed E-state index contributed by atoms with van der Waals surface area (Å²) >= 11 is 0. The van der Waals surface area contributed by atoms with Gasteiger partial charge in [-0.3, -0.25) is 0 Å². The highest BCUT2D eigenvalue weighted by atomic mass is 16.5. The van der Waals surface area contributed by atoms with Crippen LogP contribution in [-0.2, 0) is 5.60 Å². The van der Waals surface area contributed by atoms with Crippen molar-refractivity contribution in [2.75, 3.05) is 5.73 Å². The number of ether oxygens (including phenoxy) is 1. The Morgan fingerprint density at radius 2 is 1.91 bits per heavy atom. The normalized spacial score (nSPS) is 16.9. The minimum atomic E-state index is -1.09. The van der Waals surface area contributed by atoms with Crippen LogP contribution in [0, 0.1) is 0 Å². The summed E-state index contributed by atoms with van der Waals surface area (Å²) in [6.45, 7) is 3.31. The van der Waals surface area contributed by atoms with E-state index < -0.39 is 5.60 Å². The summed E-state index contributed by atoms with van der Waals surface area (Å²) in [6, 6.07) is 0. The molecule has 2 aromatic rings. The molecule has 7 heteroatoms. The molecule has 0 aromatic carbocycles. The monoisotopic (exact) mass is 303 g/mol. The molecule has 0 unspecified atom stereocenters. The minimum absolute atomic E-state index is 0.114. The van der Waals surface area contributed by atoms with Gasteiger partial charge >= 0.3 is 0 Å². The molecular formula is C15H21N5O2. The maximum Gasteiger partial charge on any atom is 0.247 e. The zero-order chi connectivity index (χ0) is 15.7. The highest BCUT2D eigenvalue weighted by Gasteiger charge is 2.23. The molecular weight excluding hydrogens is 282 g/mol. The van der Waals surface area contributed by atoms with Gasteiger partial charge in [0, 0.05) is 0 Å². The molecule has 3 N–H and O–H groups in total. The van der Waals surface area contributed by atoms with E-state index in [0.717, 1.165) is 25.7 Å². The second-order valence-electron chi connectivity index (χ2n) is 6.25. The summed E-state index contributed by atoms with van der Waals surface area (Å²) in [5.74, 6) is 0.469. The molecule has 118 valence electrons. The van der Waals surface area contributed by atoms with Crippen molar-refractivity contribution in [3.63, 3.8) is 0 Å². The van der Waals surface area contributed by atoms with Crippen LogP contribution >= 0.6 is 0 Å². The number of rotatable bonds is 3. The van der Waals surface area contributed by atoms with Crippen LogP contribution in [0.1, 0.15) is 51.6 Å². The summed E-state index contributed by atoms with van der Waals surface area (Å²) in [4.78, 5) is 16.9. The van der Waals surface area contributed by atoms with Crippen LogP contribution in [0.3, 0.4) is 0 Å². The standard InChI is InChI=1S/C15H21N5O2/c1-15(2,21)10-8-17-12-11(18-10)13(20-14(16)19-12)22-9-6-4-3-5-7-9/h8-9,21H,3-7H2,1-2H3,(H2,16,17,19,20). The number of aliphatic hydroxyl groups is 1. The molecule has 1 aliphatic rings. The predicted octanol–water partition coefficient (Wildman–Crippen LogP) is 1.94. The number of nitrogens with two attached hydrogens (primary N) is 1. The topological polar surface area (TPSA) is 107 Å². The average molecular weight is 303 g/mol. The summed E-state index contributed by atoms with van der Waals surface area (Å²) in [5, 5.41) is 10.1. The molecule has 2 aromatic heterocycles. The van der Waals surface area contributed by atoms with Gasteiger partial charge in [-0.05, 0) is 39.5 Å². The summed E-state index contributed by atoms with van der Waals surface area (Å²) in [7, 11) is 0. The van der Waals surface area contributed by atoms with Crippen LogP contribution in [0.4, 0.5) is 5.95 Å².